The molecule has 0 rings (SSSR count). The van der Waals surface area contributed by atoms with Crippen molar-refractivity contribution in [2.75, 3.05) is 0 Å². The molecular weight excluding hydrogens is 185 g/mol. The number of aliphatic imine (C=N–C) groups is 1. The third-order valence-corrected chi connectivity index (χ3v) is 1.42. The van der Waals surface area contributed by atoms with Crippen LogP contribution in [0.5, 0.6) is 0 Å². The quantitative estimate of drug-likeness (QED) is 0.383. The maximum absolute atomic E-state index is 10.3. The van der Waals surface area contributed by atoms with E-state index in [0.717, 1.165) is 0 Å². The van der Waals surface area contributed by atoms with Gasteiger partial charge in [0.05, 0.1) is 5.57 Å². The fourth-order valence-corrected chi connectivity index (χ4v) is 0.859. The van der Waals surface area contributed by atoms with Crippen molar-refractivity contribution in [3.8, 4) is 0 Å². The molecule has 0 radical (unpaired) electrons. The second kappa shape index (κ2) is 5.10. The Morgan fingerprint density at radius 2 is 2.09 bits per heavy atom. The Morgan fingerprint density at radius 3 is 2.36 bits per heavy atom. The molecule has 0 aromatic rings. The molecule has 0 amide bonds. The van der Waals surface area contributed by atoms with Crippen LogP contribution in [0.2, 0.25) is 0 Å². The van der Waals surface area contributed by atoms with E-state index in [0.29, 0.717) is 11.3 Å². The maximum Gasteiger partial charge on any atom is 0.154 e. The van der Waals surface area contributed by atoms with Gasteiger partial charge in [-0.1, -0.05) is 29.8 Å². The molecule has 0 aliphatic heterocycles. The van der Waals surface area contributed by atoms with Gasteiger partial charge < -0.3 is 0 Å². The highest BCUT2D eigenvalue weighted by Crippen LogP contribution is 2.10. The molecule has 0 aliphatic carbocycles. The number of halogens is 2. The lowest BCUT2D eigenvalue weighted by atomic mass is 10.3. The molecular formula is C7H7Cl2NO. The van der Waals surface area contributed by atoms with Crippen LogP contribution in [0.1, 0.15) is 6.92 Å². The average molecular weight is 192 g/mol. The van der Waals surface area contributed by atoms with Gasteiger partial charge in [0.25, 0.3) is 0 Å². The summed E-state index contributed by atoms with van der Waals surface area (Å²) in [7, 11) is 0. The summed E-state index contributed by atoms with van der Waals surface area (Å²) in [5, 5.41) is 0.373. The van der Waals surface area contributed by atoms with Gasteiger partial charge in [0.15, 0.2) is 6.29 Å². The summed E-state index contributed by atoms with van der Waals surface area (Å²) in [5.41, 5.74) is 0.188. The summed E-state index contributed by atoms with van der Waals surface area (Å²) in [6.07, 6.45) is 1.79. The zero-order chi connectivity index (χ0) is 8.85. The second-order valence-electron chi connectivity index (χ2n) is 1.67. The smallest absolute Gasteiger partial charge is 0.154 e. The predicted molar refractivity (Wildman–Crippen MR) is 48.1 cm³/mol. The van der Waals surface area contributed by atoms with Crippen LogP contribution in [0.25, 0.3) is 0 Å². The van der Waals surface area contributed by atoms with Crippen molar-refractivity contribution >= 4 is 34.7 Å². The van der Waals surface area contributed by atoms with E-state index in [-0.39, 0.29) is 10.7 Å². The summed E-state index contributed by atoms with van der Waals surface area (Å²) in [4.78, 5) is 13.9. The number of allylic oxidation sites excluding steroid dienone is 2. The number of nitrogens with zero attached hydrogens (tertiary/aromatic N) is 1. The zero-order valence-electron chi connectivity index (χ0n) is 5.97. The molecule has 0 saturated heterocycles. The van der Waals surface area contributed by atoms with Gasteiger partial charge in [-0.3, -0.25) is 4.79 Å². The van der Waals surface area contributed by atoms with E-state index in [1.165, 1.54) is 6.20 Å². The standard InChI is InChI=1S/C7H7Cl2NO/c1-3-10-7(9)6(4-11)5(2)8/h3-4H,1H2,2H3/b6-5+,10-7?. The first-order valence-electron chi connectivity index (χ1n) is 2.79. The fraction of sp³-hybridized carbons (Fsp3) is 0.143. The minimum absolute atomic E-state index is 0.0579. The molecule has 0 saturated carbocycles. The van der Waals surface area contributed by atoms with Gasteiger partial charge in [-0.15, -0.1) is 0 Å². The van der Waals surface area contributed by atoms with Gasteiger partial charge in [0.2, 0.25) is 0 Å². The molecule has 11 heavy (non-hydrogen) atoms. The molecule has 0 bridgehead atoms. The largest absolute Gasteiger partial charge is 0.298 e. The second-order valence-corrected chi connectivity index (χ2v) is 2.59. The summed E-state index contributed by atoms with van der Waals surface area (Å²) in [6.45, 7) is 4.88. The normalized spacial score (nSPS) is 13.9. The number of hydrogen-bond donors (Lipinski definition) is 0. The molecule has 0 aliphatic rings. The number of rotatable bonds is 3. The Morgan fingerprint density at radius 1 is 1.55 bits per heavy atom. The third-order valence-electron chi connectivity index (χ3n) is 0.916. The van der Waals surface area contributed by atoms with Crippen LogP contribution in [0.4, 0.5) is 0 Å². The molecule has 0 heterocycles. The van der Waals surface area contributed by atoms with E-state index in [1.807, 2.05) is 0 Å². The van der Waals surface area contributed by atoms with Crippen LogP contribution < -0.4 is 0 Å². The van der Waals surface area contributed by atoms with Gasteiger partial charge in [0, 0.05) is 11.2 Å². The summed E-state index contributed by atoms with van der Waals surface area (Å²) in [6, 6.07) is 0. The fourth-order valence-electron chi connectivity index (χ4n) is 0.422. The predicted octanol–water partition coefficient (Wildman–Crippen LogP) is 2.48. The number of aldehydes is 1. The van der Waals surface area contributed by atoms with E-state index in [1.54, 1.807) is 6.92 Å². The monoisotopic (exact) mass is 191 g/mol. The van der Waals surface area contributed by atoms with Crippen LogP contribution in [-0.2, 0) is 4.79 Å². The molecule has 0 fully saturated rings. The Balaban J connectivity index is 4.81. The molecule has 2 nitrogen and oxygen atoms in total. The molecule has 0 aromatic carbocycles. The van der Waals surface area contributed by atoms with Crippen molar-refractivity contribution in [3.05, 3.63) is 23.4 Å². The van der Waals surface area contributed by atoms with Gasteiger partial charge in [-0.25, -0.2) is 4.99 Å². The SMILES string of the molecule is C=CN=C(Cl)/C(C=O)=C(\C)Cl. The number of carbonyl (C=O) groups excluding carboxylic acids is 1. The van der Waals surface area contributed by atoms with Crippen molar-refractivity contribution in [3.63, 3.8) is 0 Å². The Labute approximate surface area is 75.2 Å². The molecule has 60 valence electrons. The Kier molecular flexibility index (Phi) is 4.83. The van der Waals surface area contributed by atoms with Crippen LogP contribution in [0.15, 0.2) is 28.4 Å². The highest BCUT2D eigenvalue weighted by Gasteiger charge is 2.04. The lowest BCUT2D eigenvalue weighted by molar-refractivity contribution is -0.104. The molecule has 0 spiro atoms. The van der Waals surface area contributed by atoms with Gasteiger partial charge in [-0.05, 0) is 6.92 Å². The first-order valence-corrected chi connectivity index (χ1v) is 3.55. The van der Waals surface area contributed by atoms with E-state index < -0.39 is 0 Å². The summed E-state index contributed by atoms with van der Waals surface area (Å²) < 4.78 is 0. The summed E-state index contributed by atoms with van der Waals surface area (Å²) >= 11 is 11.1. The first kappa shape index (κ1) is 10.4. The van der Waals surface area contributed by atoms with E-state index in [4.69, 9.17) is 23.2 Å². The van der Waals surface area contributed by atoms with Crippen molar-refractivity contribution in [2.24, 2.45) is 4.99 Å². The van der Waals surface area contributed by atoms with E-state index in [2.05, 4.69) is 11.6 Å². The number of carbonyl (C=O) groups is 1. The molecule has 4 heteroatoms. The lowest BCUT2D eigenvalue weighted by Gasteiger charge is -1.94. The Hall–Kier alpha value is -0.600. The third kappa shape index (κ3) is 3.35. The van der Waals surface area contributed by atoms with Crippen LogP contribution in [0, 0.1) is 0 Å². The molecule has 0 atom stereocenters. The average Bonchev–Trinajstić information content (AvgIpc) is 1.88. The maximum atomic E-state index is 10.3. The van der Waals surface area contributed by atoms with Crippen LogP contribution in [-0.4, -0.2) is 11.5 Å². The van der Waals surface area contributed by atoms with Crippen molar-refractivity contribution < 1.29 is 4.79 Å². The zero-order valence-corrected chi connectivity index (χ0v) is 7.49. The van der Waals surface area contributed by atoms with Crippen LogP contribution >= 0.6 is 23.2 Å². The van der Waals surface area contributed by atoms with Gasteiger partial charge >= 0.3 is 0 Å². The minimum atomic E-state index is 0.0579. The van der Waals surface area contributed by atoms with Gasteiger partial charge in [-0.2, -0.15) is 0 Å². The number of hydrogen-bond acceptors (Lipinski definition) is 2. The highest BCUT2D eigenvalue weighted by molar-refractivity contribution is 6.72. The van der Waals surface area contributed by atoms with Crippen molar-refractivity contribution in [2.45, 2.75) is 6.92 Å². The Bertz CT molecular complexity index is 227. The molecule has 0 aromatic heterocycles. The minimum Gasteiger partial charge on any atom is -0.298 e. The molecule has 0 unspecified atom stereocenters. The van der Waals surface area contributed by atoms with E-state index >= 15 is 0 Å². The van der Waals surface area contributed by atoms with Crippen LogP contribution in [0.3, 0.4) is 0 Å². The lowest BCUT2D eigenvalue weighted by Crippen LogP contribution is -1.96. The van der Waals surface area contributed by atoms with Gasteiger partial charge in [0.1, 0.15) is 5.17 Å². The highest BCUT2D eigenvalue weighted by atomic mass is 35.5. The topological polar surface area (TPSA) is 29.4 Å². The summed E-state index contributed by atoms with van der Waals surface area (Å²) in [5.74, 6) is 0. The van der Waals surface area contributed by atoms with Crippen molar-refractivity contribution in [1.29, 1.82) is 0 Å². The van der Waals surface area contributed by atoms with Crippen molar-refractivity contribution in [1.82, 2.24) is 0 Å². The molecule has 0 N–H and O–H groups in total. The van der Waals surface area contributed by atoms with E-state index in [9.17, 15) is 4.79 Å². The first-order chi connectivity index (χ1) is 5.13.